The number of hydrogen-bond donors (Lipinski definition) is 3. The Labute approximate surface area is 152 Å². The number of carbonyl (C=O) groups is 1. The molecule has 26 heavy (non-hydrogen) atoms. The summed E-state index contributed by atoms with van der Waals surface area (Å²) in [5, 5.41) is 14.2. The molecule has 2 aliphatic rings. The summed E-state index contributed by atoms with van der Waals surface area (Å²) < 4.78 is 2.06. The van der Waals surface area contributed by atoms with Gasteiger partial charge in [-0.25, -0.2) is 0 Å². The summed E-state index contributed by atoms with van der Waals surface area (Å²) >= 11 is 0. The molecule has 4 rings (SSSR count). The molecule has 7 nitrogen and oxygen atoms in total. The second kappa shape index (κ2) is 7.70. The minimum Gasteiger partial charge on any atom is -0.368 e. The van der Waals surface area contributed by atoms with Crippen molar-refractivity contribution in [1.82, 2.24) is 20.4 Å². The molecule has 3 N–H and O–H groups in total. The van der Waals surface area contributed by atoms with Gasteiger partial charge in [-0.3, -0.25) is 14.5 Å². The van der Waals surface area contributed by atoms with Crippen LogP contribution in [0.2, 0.25) is 0 Å². The van der Waals surface area contributed by atoms with E-state index < -0.39 is 0 Å². The number of fused-ring (bicyclic) bond motifs is 1. The molecule has 0 unspecified atom stereocenters. The molecule has 0 saturated heterocycles. The molecule has 2 aromatic rings. The van der Waals surface area contributed by atoms with Crippen LogP contribution >= 0.6 is 0 Å². The van der Waals surface area contributed by atoms with Crippen molar-refractivity contribution in [2.45, 2.75) is 32.4 Å². The third-order valence-electron chi connectivity index (χ3n) is 4.65. The Morgan fingerprint density at radius 3 is 3.12 bits per heavy atom. The van der Waals surface area contributed by atoms with E-state index >= 15 is 0 Å². The van der Waals surface area contributed by atoms with Gasteiger partial charge in [0.2, 0.25) is 5.91 Å². The molecule has 0 spiro atoms. The zero-order chi connectivity index (χ0) is 17.8. The van der Waals surface area contributed by atoms with Crippen LogP contribution in [-0.2, 0) is 24.3 Å². The average molecular weight is 352 g/mol. The number of benzene rings is 1. The highest BCUT2D eigenvalue weighted by Crippen LogP contribution is 2.14. The maximum absolute atomic E-state index is 12.3. The number of aliphatic imine (C=N–C) groups is 1. The molecule has 0 radical (unpaired) electrons. The smallest absolute Gasteiger partial charge is 0.224 e. The average Bonchev–Trinajstić information content (AvgIpc) is 3.26. The topological polar surface area (TPSA) is 83.3 Å². The van der Waals surface area contributed by atoms with Gasteiger partial charge >= 0.3 is 0 Å². The molecule has 136 valence electrons. The van der Waals surface area contributed by atoms with Gasteiger partial charge in [0.15, 0.2) is 0 Å². The third-order valence-corrected chi connectivity index (χ3v) is 4.65. The van der Waals surface area contributed by atoms with Crippen LogP contribution in [-0.4, -0.2) is 41.2 Å². The summed E-state index contributed by atoms with van der Waals surface area (Å²) in [6.07, 6.45) is 2.16. The molecular formula is C19H24N6O. The Kier molecular flexibility index (Phi) is 4.97. The van der Waals surface area contributed by atoms with E-state index in [1.54, 1.807) is 0 Å². The minimum absolute atomic E-state index is 0.00443. The summed E-state index contributed by atoms with van der Waals surface area (Å²) in [5.74, 6) is 0.902. The highest BCUT2D eigenvalue weighted by molar-refractivity contribution is 6.01. The lowest BCUT2D eigenvalue weighted by Crippen LogP contribution is -2.20. The van der Waals surface area contributed by atoms with Gasteiger partial charge in [-0.2, -0.15) is 5.10 Å². The standard InChI is InChI=1S/C19H24N6O/c26-18(6-5-16-12-17-13-20-7-2-10-25(17)24-16)23-15-4-1-3-14(11-15)19-21-8-9-22-19/h1,3-4,11-12,20H,2,5-10,13H2,(H,21,22)(H,23,26). The molecule has 1 amide bonds. The van der Waals surface area contributed by atoms with Crippen molar-refractivity contribution < 1.29 is 4.79 Å². The highest BCUT2D eigenvalue weighted by atomic mass is 16.1. The molecule has 7 heteroatoms. The first kappa shape index (κ1) is 16.8. The van der Waals surface area contributed by atoms with Crippen molar-refractivity contribution in [2.24, 2.45) is 4.99 Å². The van der Waals surface area contributed by atoms with Crippen molar-refractivity contribution in [3.05, 3.63) is 47.3 Å². The zero-order valence-electron chi connectivity index (χ0n) is 14.8. The van der Waals surface area contributed by atoms with Crippen LogP contribution in [0.1, 0.15) is 29.8 Å². The second-order valence-corrected chi connectivity index (χ2v) is 6.67. The zero-order valence-corrected chi connectivity index (χ0v) is 14.8. The number of hydrogen-bond acceptors (Lipinski definition) is 5. The molecule has 0 atom stereocenters. The third kappa shape index (κ3) is 3.94. The van der Waals surface area contributed by atoms with E-state index in [-0.39, 0.29) is 5.91 Å². The van der Waals surface area contributed by atoms with Crippen molar-refractivity contribution >= 4 is 17.4 Å². The molecule has 2 aliphatic heterocycles. The lowest BCUT2D eigenvalue weighted by molar-refractivity contribution is -0.116. The van der Waals surface area contributed by atoms with Crippen molar-refractivity contribution in [3.63, 3.8) is 0 Å². The summed E-state index contributed by atoms with van der Waals surface area (Å²) in [6.45, 7) is 4.50. The van der Waals surface area contributed by atoms with Gasteiger partial charge in [-0.15, -0.1) is 0 Å². The van der Waals surface area contributed by atoms with Gasteiger partial charge in [0.1, 0.15) is 5.84 Å². The van der Waals surface area contributed by atoms with Gasteiger partial charge < -0.3 is 16.0 Å². The van der Waals surface area contributed by atoms with Gasteiger partial charge in [0.25, 0.3) is 0 Å². The van der Waals surface area contributed by atoms with E-state index in [0.717, 1.165) is 61.9 Å². The van der Waals surface area contributed by atoms with Crippen LogP contribution in [0.15, 0.2) is 35.3 Å². The predicted octanol–water partition coefficient (Wildman–Crippen LogP) is 1.30. The molecule has 0 fully saturated rings. The summed E-state index contributed by atoms with van der Waals surface area (Å²) in [7, 11) is 0. The van der Waals surface area contributed by atoms with Crippen LogP contribution in [0, 0.1) is 0 Å². The van der Waals surface area contributed by atoms with Crippen LogP contribution in [0.25, 0.3) is 0 Å². The Morgan fingerprint density at radius 2 is 2.23 bits per heavy atom. The molecule has 3 heterocycles. The summed E-state index contributed by atoms with van der Waals surface area (Å²) in [6, 6.07) is 9.91. The summed E-state index contributed by atoms with van der Waals surface area (Å²) in [5.41, 5.74) is 3.99. The Morgan fingerprint density at radius 1 is 1.27 bits per heavy atom. The maximum atomic E-state index is 12.3. The van der Waals surface area contributed by atoms with E-state index in [1.807, 2.05) is 24.3 Å². The fraction of sp³-hybridized carbons (Fsp3) is 0.421. The molecule has 1 aromatic heterocycles. The number of anilines is 1. The Balaban J connectivity index is 1.34. The van der Waals surface area contributed by atoms with Crippen molar-refractivity contribution in [3.8, 4) is 0 Å². The molecule has 0 bridgehead atoms. The van der Waals surface area contributed by atoms with Gasteiger partial charge in [-0.1, -0.05) is 12.1 Å². The maximum Gasteiger partial charge on any atom is 0.224 e. The number of aryl methyl sites for hydroxylation is 2. The molecule has 1 aromatic carbocycles. The normalized spacial score (nSPS) is 16.4. The quantitative estimate of drug-likeness (QED) is 0.757. The number of aromatic nitrogens is 2. The van der Waals surface area contributed by atoms with Crippen molar-refractivity contribution in [2.75, 3.05) is 25.0 Å². The monoisotopic (exact) mass is 352 g/mol. The number of amides is 1. The molecular weight excluding hydrogens is 328 g/mol. The van der Waals surface area contributed by atoms with Gasteiger partial charge in [-0.05, 0) is 31.2 Å². The fourth-order valence-corrected chi connectivity index (χ4v) is 3.34. The molecule has 0 saturated carbocycles. The van der Waals surface area contributed by atoms with Crippen molar-refractivity contribution in [1.29, 1.82) is 0 Å². The largest absolute Gasteiger partial charge is 0.368 e. The number of rotatable bonds is 5. The van der Waals surface area contributed by atoms with Crippen LogP contribution < -0.4 is 16.0 Å². The summed E-state index contributed by atoms with van der Waals surface area (Å²) in [4.78, 5) is 16.7. The van der Waals surface area contributed by atoms with E-state index in [2.05, 4.69) is 36.8 Å². The minimum atomic E-state index is 0.00443. The number of nitrogens with one attached hydrogen (secondary N) is 3. The van der Waals surface area contributed by atoms with Crippen LogP contribution in [0.5, 0.6) is 0 Å². The van der Waals surface area contributed by atoms with E-state index in [9.17, 15) is 4.79 Å². The van der Waals surface area contributed by atoms with Crippen LogP contribution in [0.4, 0.5) is 5.69 Å². The SMILES string of the molecule is O=C(CCc1cc2n(n1)CCCNC2)Nc1cccc(C2=NCCN2)c1. The number of nitrogens with zero attached hydrogens (tertiary/aromatic N) is 3. The fourth-order valence-electron chi connectivity index (χ4n) is 3.34. The molecule has 0 aliphatic carbocycles. The van der Waals surface area contributed by atoms with E-state index in [0.29, 0.717) is 12.8 Å². The first-order valence-electron chi connectivity index (χ1n) is 9.23. The first-order chi connectivity index (χ1) is 12.8. The van der Waals surface area contributed by atoms with E-state index in [4.69, 9.17) is 0 Å². The second-order valence-electron chi connectivity index (χ2n) is 6.67. The number of carbonyl (C=O) groups excluding carboxylic acids is 1. The lowest BCUT2D eigenvalue weighted by Gasteiger charge is -2.07. The van der Waals surface area contributed by atoms with Gasteiger partial charge in [0, 0.05) is 43.7 Å². The lowest BCUT2D eigenvalue weighted by atomic mass is 10.1. The van der Waals surface area contributed by atoms with Crippen LogP contribution in [0.3, 0.4) is 0 Å². The highest BCUT2D eigenvalue weighted by Gasteiger charge is 2.13. The first-order valence-corrected chi connectivity index (χ1v) is 9.23. The predicted molar refractivity (Wildman–Crippen MR) is 101 cm³/mol. The Bertz CT molecular complexity index is 802. The van der Waals surface area contributed by atoms with Gasteiger partial charge in [0.05, 0.1) is 17.9 Å². The Hall–Kier alpha value is -2.67. The number of amidine groups is 1. The van der Waals surface area contributed by atoms with E-state index in [1.165, 1.54) is 5.69 Å².